The van der Waals surface area contributed by atoms with Crippen LogP contribution < -0.4 is 10.1 Å². The maximum Gasteiger partial charge on any atom is 0.227 e. The smallest absolute Gasteiger partial charge is 0.227 e. The summed E-state index contributed by atoms with van der Waals surface area (Å²) in [6.45, 7) is 7.55. The zero-order chi connectivity index (χ0) is 15.1. The van der Waals surface area contributed by atoms with Gasteiger partial charge in [-0.05, 0) is 44.0 Å². The number of carbonyl (C=O) groups is 1. The number of nitrogens with one attached hydrogen (secondary N) is 1. The van der Waals surface area contributed by atoms with Gasteiger partial charge in [-0.3, -0.25) is 4.79 Å². The van der Waals surface area contributed by atoms with E-state index in [4.69, 9.17) is 4.74 Å². The molecule has 1 fully saturated rings. The monoisotopic (exact) mass is 290 g/mol. The van der Waals surface area contributed by atoms with Gasteiger partial charge in [0.1, 0.15) is 5.75 Å². The van der Waals surface area contributed by atoms with E-state index in [2.05, 4.69) is 17.1 Å². The second-order valence-corrected chi connectivity index (χ2v) is 5.49. The highest BCUT2D eigenvalue weighted by Crippen LogP contribution is 2.15. The van der Waals surface area contributed by atoms with Gasteiger partial charge in [0.25, 0.3) is 0 Å². The van der Waals surface area contributed by atoms with Crippen LogP contribution in [-0.4, -0.2) is 43.1 Å². The summed E-state index contributed by atoms with van der Waals surface area (Å²) in [4.78, 5) is 14.6. The van der Waals surface area contributed by atoms with Crippen LogP contribution in [0.3, 0.4) is 0 Å². The Morgan fingerprint density at radius 3 is 2.67 bits per heavy atom. The molecule has 1 heterocycles. The molecule has 116 valence electrons. The van der Waals surface area contributed by atoms with Crippen LogP contribution in [0.5, 0.6) is 5.75 Å². The number of benzene rings is 1. The van der Waals surface area contributed by atoms with Gasteiger partial charge in [0, 0.05) is 19.1 Å². The third kappa shape index (κ3) is 4.46. The van der Waals surface area contributed by atoms with Gasteiger partial charge >= 0.3 is 0 Å². The molecule has 0 aliphatic carbocycles. The molecule has 2 rings (SSSR count). The summed E-state index contributed by atoms with van der Waals surface area (Å²) in [5, 5.41) is 3.34. The first kappa shape index (κ1) is 15.8. The molecule has 1 saturated heterocycles. The molecule has 1 aromatic rings. The first-order valence-corrected chi connectivity index (χ1v) is 7.96. The van der Waals surface area contributed by atoms with E-state index in [1.807, 2.05) is 31.2 Å². The normalized spacial score (nSPS) is 17.7. The van der Waals surface area contributed by atoms with Crippen LogP contribution in [0.4, 0.5) is 0 Å². The molecule has 4 heteroatoms. The summed E-state index contributed by atoms with van der Waals surface area (Å²) in [5.41, 5.74) is 1.05. The average Bonchev–Trinajstić information content (AvgIpc) is 3.01. The van der Waals surface area contributed by atoms with Gasteiger partial charge < -0.3 is 15.0 Å². The molecule has 1 aliphatic rings. The van der Waals surface area contributed by atoms with Crippen molar-refractivity contribution in [2.24, 2.45) is 0 Å². The van der Waals surface area contributed by atoms with Crippen LogP contribution in [0.2, 0.25) is 0 Å². The summed E-state index contributed by atoms with van der Waals surface area (Å²) < 4.78 is 5.43. The molecular formula is C17H26N2O2. The van der Waals surface area contributed by atoms with Crippen LogP contribution >= 0.6 is 0 Å². The van der Waals surface area contributed by atoms with E-state index in [9.17, 15) is 4.79 Å². The zero-order valence-electron chi connectivity index (χ0n) is 13.1. The minimum Gasteiger partial charge on any atom is -0.494 e. The van der Waals surface area contributed by atoms with Crippen molar-refractivity contribution in [2.45, 2.75) is 39.2 Å². The Hall–Kier alpha value is -1.55. The van der Waals surface area contributed by atoms with Crippen molar-refractivity contribution in [3.8, 4) is 5.75 Å². The third-order valence-electron chi connectivity index (χ3n) is 3.85. The van der Waals surface area contributed by atoms with Crippen LogP contribution in [0, 0.1) is 0 Å². The van der Waals surface area contributed by atoms with Crippen LogP contribution in [0.25, 0.3) is 0 Å². The summed E-state index contributed by atoms with van der Waals surface area (Å²) in [6.07, 6.45) is 2.55. The van der Waals surface area contributed by atoms with Gasteiger partial charge in [-0.15, -0.1) is 0 Å². The van der Waals surface area contributed by atoms with Crippen LogP contribution in [0.15, 0.2) is 24.3 Å². The Morgan fingerprint density at radius 2 is 2.10 bits per heavy atom. The molecule has 0 radical (unpaired) electrons. The van der Waals surface area contributed by atoms with E-state index in [-0.39, 0.29) is 5.91 Å². The van der Waals surface area contributed by atoms with Crippen molar-refractivity contribution in [3.63, 3.8) is 0 Å². The van der Waals surface area contributed by atoms with Crippen LogP contribution in [-0.2, 0) is 11.2 Å². The van der Waals surface area contributed by atoms with Gasteiger partial charge in [-0.25, -0.2) is 0 Å². The fourth-order valence-corrected chi connectivity index (χ4v) is 2.80. The molecule has 1 unspecified atom stereocenters. The molecule has 0 saturated carbocycles. The largest absolute Gasteiger partial charge is 0.494 e. The molecule has 1 amide bonds. The van der Waals surface area contributed by atoms with E-state index >= 15 is 0 Å². The first-order chi connectivity index (χ1) is 10.2. The molecule has 1 aromatic carbocycles. The van der Waals surface area contributed by atoms with E-state index in [0.717, 1.165) is 43.8 Å². The molecule has 1 aliphatic heterocycles. The quantitative estimate of drug-likeness (QED) is 0.837. The van der Waals surface area contributed by atoms with Gasteiger partial charge in [-0.2, -0.15) is 0 Å². The van der Waals surface area contributed by atoms with Crippen molar-refractivity contribution < 1.29 is 9.53 Å². The number of amides is 1. The van der Waals surface area contributed by atoms with E-state index < -0.39 is 0 Å². The molecule has 0 spiro atoms. The van der Waals surface area contributed by atoms with Crippen molar-refractivity contribution in [2.75, 3.05) is 26.2 Å². The highest BCUT2D eigenvalue weighted by molar-refractivity contribution is 5.79. The number of nitrogens with zero attached hydrogens (tertiary/aromatic N) is 1. The SMILES string of the molecule is CCCN(C(=O)Cc1ccc(OCC)cc1)C1CCNC1. The maximum absolute atomic E-state index is 12.6. The molecule has 4 nitrogen and oxygen atoms in total. The predicted molar refractivity (Wildman–Crippen MR) is 84.6 cm³/mol. The molecule has 0 bridgehead atoms. The second-order valence-electron chi connectivity index (χ2n) is 5.49. The Balaban J connectivity index is 1.96. The Morgan fingerprint density at radius 1 is 1.33 bits per heavy atom. The van der Waals surface area contributed by atoms with Crippen molar-refractivity contribution in [1.82, 2.24) is 10.2 Å². The number of rotatable bonds is 7. The predicted octanol–water partition coefficient (Wildman–Crippen LogP) is 2.23. The first-order valence-electron chi connectivity index (χ1n) is 7.96. The minimum absolute atomic E-state index is 0.231. The standard InChI is InChI=1S/C17H26N2O2/c1-3-11-19(15-9-10-18-13-15)17(20)12-14-5-7-16(8-6-14)21-4-2/h5-8,15,18H,3-4,9-13H2,1-2H3. The number of hydrogen-bond acceptors (Lipinski definition) is 3. The molecule has 0 aromatic heterocycles. The number of ether oxygens (including phenoxy) is 1. The molecule has 1 N–H and O–H groups in total. The third-order valence-corrected chi connectivity index (χ3v) is 3.85. The lowest BCUT2D eigenvalue weighted by atomic mass is 10.1. The van der Waals surface area contributed by atoms with E-state index in [0.29, 0.717) is 19.1 Å². The van der Waals surface area contributed by atoms with Crippen molar-refractivity contribution in [3.05, 3.63) is 29.8 Å². The maximum atomic E-state index is 12.6. The molecule has 1 atom stereocenters. The van der Waals surface area contributed by atoms with Gasteiger partial charge in [-0.1, -0.05) is 19.1 Å². The molecular weight excluding hydrogens is 264 g/mol. The minimum atomic E-state index is 0.231. The summed E-state index contributed by atoms with van der Waals surface area (Å²) >= 11 is 0. The fraction of sp³-hybridized carbons (Fsp3) is 0.588. The second kappa shape index (κ2) is 8.03. The Labute approximate surface area is 127 Å². The van der Waals surface area contributed by atoms with Crippen molar-refractivity contribution >= 4 is 5.91 Å². The summed E-state index contributed by atoms with van der Waals surface area (Å²) in [5.74, 6) is 1.09. The summed E-state index contributed by atoms with van der Waals surface area (Å²) in [7, 11) is 0. The average molecular weight is 290 g/mol. The highest BCUT2D eigenvalue weighted by atomic mass is 16.5. The van der Waals surface area contributed by atoms with Gasteiger partial charge in [0.15, 0.2) is 0 Å². The molecule has 21 heavy (non-hydrogen) atoms. The highest BCUT2D eigenvalue weighted by Gasteiger charge is 2.25. The Bertz CT molecular complexity index is 439. The summed E-state index contributed by atoms with van der Waals surface area (Å²) in [6, 6.07) is 8.21. The van der Waals surface area contributed by atoms with E-state index in [1.165, 1.54) is 0 Å². The lowest BCUT2D eigenvalue weighted by molar-refractivity contribution is -0.132. The number of carbonyl (C=O) groups excluding carboxylic acids is 1. The fourth-order valence-electron chi connectivity index (χ4n) is 2.80. The number of hydrogen-bond donors (Lipinski definition) is 1. The topological polar surface area (TPSA) is 41.6 Å². The zero-order valence-corrected chi connectivity index (χ0v) is 13.1. The van der Waals surface area contributed by atoms with Crippen molar-refractivity contribution in [1.29, 1.82) is 0 Å². The van der Waals surface area contributed by atoms with E-state index in [1.54, 1.807) is 0 Å². The lowest BCUT2D eigenvalue weighted by Crippen LogP contribution is -2.42. The lowest BCUT2D eigenvalue weighted by Gasteiger charge is -2.28. The van der Waals surface area contributed by atoms with Crippen LogP contribution in [0.1, 0.15) is 32.3 Å². The Kier molecular flexibility index (Phi) is 6.05. The van der Waals surface area contributed by atoms with Gasteiger partial charge in [0.05, 0.1) is 13.0 Å². The van der Waals surface area contributed by atoms with Gasteiger partial charge in [0.2, 0.25) is 5.91 Å².